The van der Waals surface area contributed by atoms with Gasteiger partial charge in [0.15, 0.2) is 0 Å². The van der Waals surface area contributed by atoms with Gasteiger partial charge >= 0.3 is 12.0 Å². The number of hydrogen-bond donors (Lipinski definition) is 3. The van der Waals surface area contributed by atoms with Gasteiger partial charge in [-0.05, 0) is 33.1 Å². The summed E-state index contributed by atoms with van der Waals surface area (Å²) >= 11 is 0. The van der Waals surface area contributed by atoms with Crippen LogP contribution in [-0.4, -0.2) is 41.4 Å². The number of urea groups is 1. The van der Waals surface area contributed by atoms with Gasteiger partial charge in [-0.1, -0.05) is 6.08 Å². The zero-order valence-corrected chi connectivity index (χ0v) is 11.4. The van der Waals surface area contributed by atoms with Crippen LogP contribution in [0.25, 0.3) is 0 Å². The molecule has 2 amide bonds. The Balaban J connectivity index is 2.45. The number of carboxylic acid groups (broad SMARTS) is 1. The third-order valence-electron chi connectivity index (χ3n) is 3.04. The van der Waals surface area contributed by atoms with Crippen LogP contribution in [0.2, 0.25) is 0 Å². The summed E-state index contributed by atoms with van der Waals surface area (Å²) in [7, 11) is 0. The summed E-state index contributed by atoms with van der Waals surface area (Å²) in [5.74, 6) is -1.07. The number of carboxylic acids is 1. The Labute approximate surface area is 113 Å². The van der Waals surface area contributed by atoms with Crippen LogP contribution in [0, 0.1) is 0 Å². The molecule has 1 heterocycles. The molecular formula is C13H22N2O4. The lowest BCUT2D eigenvalue weighted by Crippen LogP contribution is -2.52. The molecule has 2 atom stereocenters. The Hall–Kier alpha value is -1.56. The SMILES string of the molecule is C=CCC(NC(=O)NC1CCOC(C)(C)C1)C(=O)O. The molecule has 108 valence electrons. The minimum absolute atomic E-state index is 0.00178. The summed E-state index contributed by atoms with van der Waals surface area (Å²) in [6.45, 7) is 8.00. The summed E-state index contributed by atoms with van der Waals surface area (Å²) in [4.78, 5) is 22.7. The smallest absolute Gasteiger partial charge is 0.326 e. The van der Waals surface area contributed by atoms with E-state index in [1.54, 1.807) is 0 Å². The highest BCUT2D eigenvalue weighted by Gasteiger charge is 2.30. The van der Waals surface area contributed by atoms with Crippen LogP contribution >= 0.6 is 0 Å². The van der Waals surface area contributed by atoms with E-state index in [1.807, 2.05) is 13.8 Å². The molecular weight excluding hydrogens is 248 g/mol. The van der Waals surface area contributed by atoms with Crippen molar-refractivity contribution in [1.82, 2.24) is 10.6 Å². The maximum Gasteiger partial charge on any atom is 0.326 e. The number of ether oxygens (including phenoxy) is 1. The molecule has 1 aliphatic heterocycles. The summed E-state index contributed by atoms with van der Waals surface area (Å²) in [5.41, 5.74) is -0.260. The van der Waals surface area contributed by atoms with Gasteiger partial charge < -0.3 is 20.5 Å². The van der Waals surface area contributed by atoms with E-state index >= 15 is 0 Å². The van der Waals surface area contributed by atoms with E-state index in [9.17, 15) is 9.59 Å². The van der Waals surface area contributed by atoms with E-state index < -0.39 is 18.0 Å². The van der Waals surface area contributed by atoms with Crippen molar-refractivity contribution in [3.63, 3.8) is 0 Å². The molecule has 0 saturated carbocycles. The molecule has 2 unspecified atom stereocenters. The van der Waals surface area contributed by atoms with Crippen molar-refractivity contribution in [3.8, 4) is 0 Å². The van der Waals surface area contributed by atoms with Crippen molar-refractivity contribution >= 4 is 12.0 Å². The third kappa shape index (κ3) is 5.30. The molecule has 0 aromatic rings. The first-order chi connectivity index (χ1) is 8.84. The fraction of sp³-hybridized carbons (Fsp3) is 0.692. The molecule has 3 N–H and O–H groups in total. The van der Waals surface area contributed by atoms with Crippen molar-refractivity contribution in [2.45, 2.75) is 50.8 Å². The molecule has 0 aliphatic carbocycles. The zero-order chi connectivity index (χ0) is 14.5. The Morgan fingerprint density at radius 3 is 2.79 bits per heavy atom. The van der Waals surface area contributed by atoms with E-state index in [0.717, 1.165) is 6.42 Å². The van der Waals surface area contributed by atoms with E-state index in [2.05, 4.69) is 17.2 Å². The van der Waals surface area contributed by atoms with Crippen LogP contribution in [0.4, 0.5) is 4.79 Å². The van der Waals surface area contributed by atoms with Crippen molar-refractivity contribution < 1.29 is 19.4 Å². The molecule has 0 aromatic carbocycles. The molecule has 0 aromatic heterocycles. The standard InChI is InChI=1S/C13H22N2O4/c1-4-5-10(11(16)17)15-12(18)14-9-6-7-19-13(2,3)8-9/h4,9-10H,1,5-8H2,2-3H3,(H,16,17)(H2,14,15,18). The number of aliphatic carboxylic acids is 1. The number of carbonyl (C=O) groups excluding carboxylic acids is 1. The molecule has 0 radical (unpaired) electrons. The van der Waals surface area contributed by atoms with E-state index in [0.29, 0.717) is 13.0 Å². The number of carbonyl (C=O) groups is 2. The van der Waals surface area contributed by atoms with Crippen molar-refractivity contribution in [2.24, 2.45) is 0 Å². The van der Waals surface area contributed by atoms with Gasteiger partial charge in [-0.3, -0.25) is 0 Å². The number of rotatable bonds is 5. The fourth-order valence-corrected chi connectivity index (χ4v) is 2.13. The second-order valence-electron chi connectivity index (χ2n) is 5.33. The molecule has 6 heteroatoms. The second-order valence-corrected chi connectivity index (χ2v) is 5.33. The Bertz CT molecular complexity index is 355. The van der Waals surface area contributed by atoms with Crippen molar-refractivity contribution in [1.29, 1.82) is 0 Å². The van der Waals surface area contributed by atoms with Gasteiger partial charge in [-0.15, -0.1) is 6.58 Å². The molecule has 6 nitrogen and oxygen atoms in total. The van der Waals surface area contributed by atoms with Gasteiger partial charge in [0.05, 0.1) is 5.60 Å². The maximum atomic E-state index is 11.8. The highest BCUT2D eigenvalue weighted by molar-refractivity contribution is 5.82. The largest absolute Gasteiger partial charge is 0.480 e. The van der Waals surface area contributed by atoms with Crippen LogP contribution in [0.5, 0.6) is 0 Å². The Kier molecular flexibility index (Phi) is 5.35. The Morgan fingerprint density at radius 1 is 1.58 bits per heavy atom. The quantitative estimate of drug-likeness (QED) is 0.656. The van der Waals surface area contributed by atoms with Crippen LogP contribution in [0.1, 0.15) is 33.1 Å². The number of amides is 2. The first-order valence-corrected chi connectivity index (χ1v) is 6.39. The lowest BCUT2D eigenvalue weighted by molar-refractivity contribution is -0.139. The lowest BCUT2D eigenvalue weighted by Gasteiger charge is -2.35. The normalized spacial score (nSPS) is 23.2. The minimum Gasteiger partial charge on any atom is -0.480 e. The average molecular weight is 270 g/mol. The first-order valence-electron chi connectivity index (χ1n) is 6.39. The first kappa shape index (κ1) is 15.5. The van der Waals surface area contributed by atoms with E-state index in [4.69, 9.17) is 9.84 Å². The fourth-order valence-electron chi connectivity index (χ4n) is 2.13. The van der Waals surface area contributed by atoms with Gasteiger partial charge in [-0.25, -0.2) is 9.59 Å². The number of hydrogen-bond acceptors (Lipinski definition) is 3. The average Bonchev–Trinajstić information content (AvgIpc) is 2.26. The lowest BCUT2D eigenvalue weighted by atomic mass is 9.94. The summed E-state index contributed by atoms with van der Waals surface area (Å²) < 4.78 is 5.56. The minimum atomic E-state index is -1.07. The predicted molar refractivity (Wildman–Crippen MR) is 71.0 cm³/mol. The van der Waals surface area contributed by atoms with Crippen LogP contribution in [0.3, 0.4) is 0 Å². The summed E-state index contributed by atoms with van der Waals surface area (Å²) in [5, 5.41) is 14.2. The Morgan fingerprint density at radius 2 is 2.26 bits per heavy atom. The van der Waals surface area contributed by atoms with Crippen molar-refractivity contribution in [2.75, 3.05) is 6.61 Å². The molecule has 1 fully saturated rings. The van der Waals surface area contributed by atoms with E-state index in [1.165, 1.54) is 6.08 Å². The summed E-state index contributed by atoms with van der Waals surface area (Å²) in [6.07, 6.45) is 3.11. The van der Waals surface area contributed by atoms with Crippen LogP contribution < -0.4 is 10.6 Å². The number of nitrogens with one attached hydrogen (secondary N) is 2. The highest BCUT2D eigenvalue weighted by Crippen LogP contribution is 2.23. The van der Waals surface area contributed by atoms with Gasteiger partial charge in [0.1, 0.15) is 6.04 Å². The molecule has 19 heavy (non-hydrogen) atoms. The van der Waals surface area contributed by atoms with Gasteiger partial charge in [0, 0.05) is 12.6 Å². The molecule has 1 aliphatic rings. The second kappa shape index (κ2) is 6.56. The van der Waals surface area contributed by atoms with Crippen molar-refractivity contribution in [3.05, 3.63) is 12.7 Å². The van der Waals surface area contributed by atoms with Gasteiger partial charge in [-0.2, -0.15) is 0 Å². The molecule has 0 bridgehead atoms. The maximum absolute atomic E-state index is 11.8. The van der Waals surface area contributed by atoms with Crippen LogP contribution in [0.15, 0.2) is 12.7 Å². The van der Waals surface area contributed by atoms with Crippen LogP contribution in [-0.2, 0) is 9.53 Å². The summed E-state index contributed by atoms with van der Waals surface area (Å²) in [6, 6.07) is -1.40. The zero-order valence-electron chi connectivity index (χ0n) is 11.4. The van der Waals surface area contributed by atoms with Gasteiger partial charge in [0.25, 0.3) is 0 Å². The highest BCUT2D eigenvalue weighted by atomic mass is 16.5. The predicted octanol–water partition coefficient (Wildman–Crippen LogP) is 1.27. The van der Waals surface area contributed by atoms with E-state index in [-0.39, 0.29) is 18.1 Å². The molecule has 1 saturated heterocycles. The monoisotopic (exact) mass is 270 g/mol. The third-order valence-corrected chi connectivity index (χ3v) is 3.04. The topological polar surface area (TPSA) is 87.7 Å². The van der Waals surface area contributed by atoms with Gasteiger partial charge in [0.2, 0.25) is 0 Å². The molecule has 1 rings (SSSR count). The molecule has 0 spiro atoms.